The average molecular weight is 392 g/mol. The molecule has 0 saturated heterocycles. The Labute approximate surface area is 158 Å². The van der Waals surface area contributed by atoms with Gasteiger partial charge in [-0.25, -0.2) is 8.42 Å². The summed E-state index contributed by atoms with van der Waals surface area (Å²) in [4.78, 5) is 14.3. The number of benzene rings is 1. The summed E-state index contributed by atoms with van der Waals surface area (Å²) in [5, 5.41) is 6.47. The van der Waals surface area contributed by atoms with Gasteiger partial charge in [0.2, 0.25) is 5.91 Å². The number of ether oxygens (including phenoxy) is 1. The number of H-pyrrole nitrogens is 1. The molecule has 0 bridgehead atoms. The smallest absolute Gasteiger partial charge is 0.261 e. The Morgan fingerprint density at radius 1 is 1.33 bits per heavy atom. The van der Waals surface area contributed by atoms with Gasteiger partial charge in [0.05, 0.1) is 17.8 Å². The van der Waals surface area contributed by atoms with E-state index in [0.29, 0.717) is 11.4 Å². The number of sulfonamides is 1. The third-order valence-electron chi connectivity index (χ3n) is 4.53. The van der Waals surface area contributed by atoms with E-state index in [1.807, 2.05) is 32.0 Å². The maximum Gasteiger partial charge on any atom is 0.261 e. The number of carbonyl (C=O) groups excluding carboxylic acids is 1. The minimum atomic E-state index is -3.89. The topological polar surface area (TPSA) is 113 Å². The summed E-state index contributed by atoms with van der Waals surface area (Å²) < 4.78 is 30.6. The van der Waals surface area contributed by atoms with E-state index in [9.17, 15) is 13.2 Å². The molecule has 8 nitrogen and oxygen atoms in total. The first kappa shape index (κ1) is 19.4. The predicted octanol–water partition coefficient (Wildman–Crippen LogP) is 1.68. The van der Waals surface area contributed by atoms with E-state index < -0.39 is 15.9 Å². The van der Waals surface area contributed by atoms with Gasteiger partial charge in [-0.3, -0.25) is 15.3 Å². The van der Waals surface area contributed by atoms with E-state index in [1.54, 1.807) is 13.8 Å². The van der Waals surface area contributed by atoms with Crippen LogP contribution < -0.4 is 15.0 Å². The Morgan fingerprint density at radius 2 is 2.07 bits per heavy atom. The molecule has 1 amide bonds. The zero-order chi connectivity index (χ0) is 19.8. The number of nitrogens with one attached hydrogen (secondary N) is 3. The zero-order valence-electron chi connectivity index (χ0n) is 15.8. The molecule has 2 aromatic rings. The van der Waals surface area contributed by atoms with Crippen molar-refractivity contribution in [2.45, 2.75) is 57.5 Å². The highest BCUT2D eigenvalue weighted by molar-refractivity contribution is 7.89. The van der Waals surface area contributed by atoms with Crippen molar-refractivity contribution in [3.05, 3.63) is 40.7 Å². The first-order valence-electron chi connectivity index (χ1n) is 8.70. The highest BCUT2D eigenvalue weighted by Gasteiger charge is 2.27. The van der Waals surface area contributed by atoms with Crippen LogP contribution in [-0.4, -0.2) is 30.1 Å². The average Bonchev–Trinajstić information content (AvgIpc) is 2.92. The SMILES string of the molecule is Cc1n[nH]c(C)c1S(=O)(=O)NNC(=O)Cc1ccc2c(c1)CCC(C)(C)O2. The molecule has 1 aliphatic heterocycles. The fraction of sp³-hybridized carbons (Fsp3) is 0.444. The summed E-state index contributed by atoms with van der Waals surface area (Å²) >= 11 is 0. The van der Waals surface area contributed by atoms with E-state index in [-0.39, 0.29) is 16.9 Å². The number of hydrogen-bond acceptors (Lipinski definition) is 5. The van der Waals surface area contributed by atoms with Crippen LogP contribution in [0.15, 0.2) is 23.1 Å². The number of aryl methyl sites for hydroxylation is 3. The summed E-state index contributed by atoms with van der Waals surface area (Å²) in [5.74, 6) is 0.386. The number of aromatic nitrogens is 2. The van der Waals surface area contributed by atoms with Gasteiger partial charge in [-0.05, 0) is 57.7 Å². The lowest BCUT2D eigenvalue weighted by molar-refractivity contribution is -0.120. The first-order valence-corrected chi connectivity index (χ1v) is 10.2. The van der Waals surface area contributed by atoms with E-state index in [1.165, 1.54) is 0 Å². The highest BCUT2D eigenvalue weighted by Crippen LogP contribution is 2.33. The number of carbonyl (C=O) groups is 1. The molecule has 1 aliphatic rings. The van der Waals surface area contributed by atoms with Gasteiger partial charge in [-0.15, -0.1) is 4.83 Å². The molecule has 9 heteroatoms. The second-order valence-corrected chi connectivity index (χ2v) is 9.02. The predicted molar refractivity (Wildman–Crippen MR) is 99.7 cm³/mol. The van der Waals surface area contributed by atoms with Crippen molar-refractivity contribution in [2.24, 2.45) is 0 Å². The van der Waals surface area contributed by atoms with Gasteiger partial charge in [-0.2, -0.15) is 5.10 Å². The minimum absolute atomic E-state index is 0.0383. The molecule has 0 fully saturated rings. The largest absolute Gasteiger partial charge is 0.488 e. The molecule has 0 atom stereocenters. The van der Waals surface area contributed by atoms with Gasteiger partial charge in [0, 0.05) is 0 Å². The van der Waals surface area contributed by atoms with Crippen LogP contribution >= 0.6 is 0 Å². The normalized spacial score (nSPS) is 15.7. The summed E-state index contributed by atoms with van der Waals surface area (Å²) in [6.45, 7) is 7.28. The second kappa shape index (κ2) is 6.97. The molecule has 2 heterocycles. The molecule has 0 radical (unpaired) electrons. The van der Waals surface area contributed by atoms with Gasteiger partial charge in [0.15, 0.2) is 0 Å². The molecule has 3 rings (SSSR count). The van der Waals surface area contributed by atoms with Crippen LogP contribution in [0.1, 0.15) is 42.8 Å². The van der Waals surface area contributed by atoms with Gasteiger partial charge in [0.1, 0.15) is 16.2 Å². The number of aromatic amines is 1. The second-order valence-electron chi connectivity index (χ2n) is 7.40. The molecule has 27 heavy (non-hydrogen) atoms. The van der Waals surface area contributed by atoms with Crippen LogP contribution in [0.4, 0.5) is 0 Å². The number of hydrazine groups is 1. The molecule has 1 aromatic heterocycles. The van der Waals surface area contributed by atoms with Crippen LogP contribution in [-0.2, 0) is 27.7 Å². The van der Waals surface area contributed by atoms with Crippen LogP contribution in [0.5, 0.6) is 5.75 Å². The highest BCUT2D eigenvalue weighted by atomic mass is 32.2. The van der Waals surface area contributed by atoms with Crippen molar-refractivity contribution in [1.82, 2.24) is 20.5 Å². The Balaban J connectivity index is 1.63. The number of hydrogen-bond donors (Lipinski definition) is 3. The molecule has 1 aromatic carbocycles. The Kier molecular flexibility index (Phi) is 5.00. The standard InChI is InChI=1S/C18H24N4O4S/c1-11-17(12(2)20-19-11)27(24,25)22-21-16(23)10-13-5-6-15-14(9-13)7-8-18(3,4)26-15/h5-6,9,22H,7-8,10H2,1-4H3,(H,19,20)(H,21,23). The molecule has 0 spiro atoms. The van der Waals surface area contributed by atoms with Crippen LogP contribution in [0.25, 0.3) is 0 Å². The van der Waals surface area contributed by atoms with Gasteiger partial charge in [0.25, 0.3) is 10.0 Å². The molecular weight excluding hydrogens is 368 g/mol. The van der Waals surface area contributed by atoms with Crippen molar-refractivity contribution < 1.29 is 17.9 Å². The molecule has 3 N–H and O–H groups in total. The Morgan fingerprint density at radius 3 is 2.74 bits per heavy atom. The lowest BCUT2D eigenvalue weighted by Gasteiger charge is -2.32. The van der Waals surface area contributed by atoms with E-state index >= 15 is 0 Å². The summed E-state index contributed by atoms with van der Waals surface area (Å²) in [6, 6.07) is 5.61. The van der Waals surface area contributed by atoms with E-state index in [2.05, 4.69) is 20.5 Å². The van der Waals surface area contributed by atoms with Crippen LogP contribution in [0, 0.1) is 13.8 Å². The van der Waals surface area contributed by atoms with E-state index in [0.717, 1.165) is 29.7 Å². The molecular formula is C18H24N4O4S. The van der Waals surface area contributed by atoms with Crippen molar-refractivity contribution in [2.75, 3.05) is 0 Å². The third-order valence-corrected chi connectivity index (χ3v) is 6.04. The Bertz CT molecular complexity index is 960. The van der Waals surface area contributed by atoms with Crippen molar-refractivity contribution in [3.8, 4) is 5.75 Å². The van der Waals surface area contributed by atoms with E-state index in [4.69, 9.17) is 4.74 Å². The number of fused-ring (bicyclic) bond motifs is 1. The summed E-state index contributed by atoms with van der Waals surface area (Å²) in [6.07, 6.45) is 1.84. The maximum atomic E-state index is 12.3. The number of nitrogens with zero attached hydrogens (tertiary/aromatic N) is 1. The van der Waals surface area contributed by atoms with Crippen LogP contribution in [0.3, 0.4) is 0 Å². The molecule has 0 aliphatic carbocycles. The van der Waals surface area contributed by atoms with Crippen molar-refractivity contribution in [3.63, 3.8) is 0 Å². The number of amides is 1. The molecule has 146 valence electrons. The fourth-order valence-corrected chi connectivity index (χ4v) is 4.40. The summed E-state index contributed by atoms with van der Waals surface area (Å²) in [5.41, 5.74) is 4.68. The van der Waals surface area contributed by atoms with Crippen LogP contribution in [0.2, 0.25) is 0 Å². The van der Waals surface area contributed by atoms with Crippen molar-refractivity contribution in [1.29, 1.82) is 0 Å². The quantitative estimate of drug-likeness (QED) is 0.670. The lowest BCUT2D eigenvalue weighted by atomic mass is 9.93. The fourth-order valence-electron chi connectivity index (χ4n) is 3.16. The maximum absolute atomic E-state index is 12.3. The van der Waals surface area contributed by atoms with Gasteiger partial charge >= 0.3 is 0 Å². The summed E-state index contributed by atoms with van der Waals surface area (Å²) in [7, 11) is -3.89. The Hall–Kier alpha value is -2.39. The van der Waals surface area contributed by atoms with Crippen molar-refractivity contribution >= 4 is 15.9 Å². The monoisotopic (exact) mass is 392 g/mol. The molecule has 0 saturated carbocycles. The first-order chi connectivity index (χ1) is 12.6. The molecule has 0 unspecified atom stereocenters. The number of rotatable bonds is 5. The zero-order valence-corrected chi connectivity index (χ0v) is 16.7. The minimum Gasteiger partial charge on any atom is -0.488 e. The van der Waals surface area contributed by atoms with Gasteiger partial charge in [-0.1, -0.05) is 12.1 Å². The third kappa shape index (κ3) is 4.30. The van der Waals surface area contributed by atoms with Gasteiger partial charge < -0.3 is 4.74 Å². The lowest BCUT2D eigenvalue weighted by Crippen LogP contribution is -2.42.